The molecule has 1 saturated carbocycles. The Bertz CT molecular complexity index is 870. The number of halogens is 1. The molecule has 2 aromatic carbocycles. The highest BCUT2D eigenvalue weighted by Gasteiger charge is 2.35. The van der Waals surface area contributed by atoms with Crippen molar-refractivity contribution in [3.63, 3.8) is 0 Å². The third-order valence-electron chi connectivity index (χ3n) is 6.86. The zero-order valence-corrected chi connectivity index (χ0v) is 18.7. The summed E-state index contributed by atoms with van der Waals surface area (Å²) in [5.41, 5.74) is 1.90. The van der Waals surface area contributed by atoms with Crippen LogP contribution in [0.1, 0.15) is 66.8 Å². The topological polar surface area (TPSA) is 49.4 Å². The predicted octanol–water partition coefficient (Wildman–Crippen LogP) is 5.42. The minimum atomic E-state index is -0.430. The van der Waals surface area contributed by atoms with E-state index in [1.54, 1.807) is 12.1 Å². The smallest absolute Gasteiger partial charge is 0.251 e. The monoisotopic (exact) mass is 438 g/mol. The molecule has 0 aromatic heterocycles. The Balaban J connectivity index is 1.43. The number of nitrogens with one attached hydrogen (secondary N) is 1. The summed E-state index contributed by atoms with van der Waals surface area (Å²) in [5, 5.41) is 3.86. The summed E-state index contributed by atoms with van der Waals surface area (Å²) < 4.78 is 0. The Kier molecular flexibility index (Phi) is 7.29. The van der Waals surface area contributed by atoms with Crippen LogP contribution in [0.2, 0.25) is 5.02 Å². The van der Waals surface area contributed by atoms with Gasteiger partial charge in [0.1, 0.15) is 6.04 Å². The summed E-state index contributed by atoms with van der Waals surface area (Å²) in [7, 11) is 0. The molecule has 1 aliphatic carbocycles. The first kappa shape index (κ1) is 21.9. The van der Waals surface area contributed by atoms with Crippen molar-refractivity contribution in [3.05, 3.63) is 70.7 Å². The lowest BCUT2D eigenvalue weighted by atomic mass is 9.82. The van der Waals surface area contributed by atoms with Crippen LogP contribution in [0, 0.1) is 5.92 Å². The van der Waals surface area contributed by atoms with Gasteiger partial charge >= 0.3 is 0 Å². The maximum absolute atomic E-state index is 13.5. The molecule has 4 rings (SSSR count). The van der Waals surface area contributed by atoms with Crippen LogP contribution < -0.4 is 5.32 Å². The highest BCUT2D eigenvalue weighted by Crippen LogP contribution is 2.31. The fourth-order valence-corrected chi connectivity index (χ4v) is 5.15. The molecule has 1 N–H and O–H groups in total. The van der Waals surface area contributed by atoms with E-state index in [2.05, 4.69) is 17.4 Å². The summed E-state index contributed by atoms with van der Waals surface area (Å²) in [6, 6.07) is 16.8. The van der Waals surface area contributed by atoms with Crippen molar-refractivity contribution in [2.75, 3.05) is 13.1 Å². The minimum Gasteiger partial charge on any atom is -0.341 e. The number of hydrogen-bond acceptors (Lipinski definition) is 2. The quantitative estimate of drug-likeness (QED) is 0.677. The third kappa shape index (κ3) is 5.48. The zero-order chi connectivity index (χ0) is 21.6. The van der Waals surface area contributed by atoms with E-state index < -0.39 is 6.04 Å². The van der Waals surface area contributed by atoms with Gasteiger partial charge < -0.3 is 10.2 Å². The number of likely N-dealkylation sites (tertiary alicyclic amines) is 1. The van der Waals surface area contributed by atoms with Crippen molar-refractivity contribution in [1.82, 2.24) is 10.2 Å². The SMILES string of the molecule is O=C(N[C@@H](C(=O)N1CCC(c2ccc(Cl)cc2)CC1)C1CCCCC1)c1ccccc1. The van der Waals surface area contributed by atoms with Crippen LogP contribution >= 0.6 is 11.6 Å². The Morgan fingerprint density at radius 1 is 0.871 bits per heavy atom. The second kappa shape index (κ2) is 10.3. The average Bonchev–Trinajstić information content (AvgIpc) is 2.84. The van der Waals surface area contributed by atoms with Crippen molar-refractivity contribution >= 4 is 23.4 Å². The van der Waals surface area contributed by atoms with E-state index in [0.29, 0.717) is 11.5 Å². The molecule has 31 heavy (non-hydrogen) atoms. The molecule has 0 radical (unpaired) electrons. The fourth-order valence-electron chi connectivity index (χ4n) is 5.03. The average molecular weight is 439 g/mol. The standard InChI is InChI=1S/C26H31ClN2O2/c27-23-13-11-19(12-14-23)20-15-17-29(18-16-20)26(31)24(21-7-3-1-4-8-21)28-25(30)22-9-5-2-6-10-22/h2,5-6,9-14,20-21,24H,1,3-4,7-8,15-18H2,(H,28,30)/t24-/m1/s1. The first-order valence-electron chi connectivity index (χ1n) is 11.5. The van der Waals surface area contributed by atoms with E-state index >= 15 is 0 Å². The summed E-state index contributed by atoms with van der Waals surface area (Å²) in [6.07, 6.45) is 7.38. The Morgan fingerprint density at radius 2 is 1.52 bits per heavy atom. The molecule has 1 aliphatic heterocycles. The van der Waals surface area contributed by atoms with Gasteiger partial charge in [0.25, 0.3) is 5.91 Å². The maximum Gasteiger partial charge on any atom is 0.251 e. The molecule has 2 amide bonds. The van der Waals surface area contributed by atoms with Crippen LogP contribution in [0.25, 0.3) is 0 Å². The van der Waals surface area contributed by atoms with E-state index in [9.17, 15) is 9.59 Å². The molecular weight excluding hydrogens is 408 g/mol. The minimum absolute atomic E-state index is 0.0886. The number of piperidine rings is 1. The van der Waals surface area contributed by atoms with E-state index in [1.165, 1.54) is 12.0 Å². The molecule has 0 spiro atoms. The molecule has 4 nitrogen and oxygen atoms in total. The van der Waals surface area contributed by atoms with E-state index in [1.807, 2.05) is 35.2 Å². The van der Waals surface area contributed by atoms with E-state index in [-0.39, 0.29) is 17.7 Å². The van der Waals surface area contributed by atoms with Gasteiger partial charge in [-0.1, -0.05) is 61.2 Å². The lowest BCUT2D eigenvalue weighted by Crippen LogP contribution is -2.54. The largest absolute Gasteiger partial charge is 0.341 e. The van der Waals surface area contributed by atoms with Crippen LogP contribution in [0.15, 0.2) is 54.6 Å². The molecule has 1 saturated heterocycles. The summed E-state index contributed by atoms with van der Waals surface area (Å²) in [6.45, 7) is 1.47. The van der Waals surface area contributed by atoms with Gasteiger partial charge in [0, 0.05) is 23.7 Å². The zero-order valence-electron chi connectivity index (χ0n) is 17.9. The molecule has 1 heterocycles. The van der Waals surface area contributed by atoms with Gasteiger partial charge in [0.15, 0.2) is 0 Å². The van der Waals surface area contributed by atoms with Gasteiger partial charge in [-0.3, -0.25) is 9.59 Å². The van der Waals surface area contributed by atoms with Crippen molar-refractivity contribution < 1.29 is 9.59 Å². The van der Waals surface area contributed by atoms with Crippen LogP contribution in [0.3, 0.4) is 0 Å². The molecular formula is C26H31ClN2O2. The van der Waals surface area contributed by atoms with Crippen LogP contribution in [0.4, 0.5) is 0 Å². The van der Waals surface area contributed by atoms with Crippen molar-refractivity contribution in [2.24, 2.45) is 5.92 Å². The highest BCUT2D eigenvalue weighted by molar-refractivity contribution is 6.30. The normalized spacial score (nSPS) is 19.1. The summed E-state index contributed by atoms with van der Waals surface area (Å²) in [4.78, 5) is 28.4. The number of carbonyl (C=O) groups is 2. The molecule has 2 aromatic rings. The molecule has 0 unspecified atom stereocenters. The molecule has 2 fully saturated rings. The first-order valence-corrected chi connectivity index (χ1v) is 11.9. The Labute approximate surface area is 190 Å². The Hall–Kier alpha value is -2.33. The van der Waals surface area contributed by atoms with Crippen LogP contribution in [-0.2, 0) is 4.79 Å². The van der Waals surface area contributed by atoms with E-state index in [4.69, 9.17) is 11.6 Å². The molecule has 1 atom stereocenters. The second-order valence-electron chi connectivity index (χ2n) is 8.87. The number of nitrogens with zero attached hydrogens (tertiary/aromatic N) is 1. The van der Waals surface area contributed by atoms with E-state index in [0.717, 1.165) is 56.6 Å². The number of benzene rings is 2. The van der Waals surface area contributed by atoms with Crippen LogP contribution in [0.5, 0.6) is 0 Å². The van der Waals surface area contributed by atoms with Gasteiger partial charge in [-0.05, 0) is 67.3 Å². The van der Waals surface area contributed by atoms with Crippen molar-refractivity contribution in [3.8, 4) is 0 Å². The number of carbonyl (C=O) groups excluding carboxylic acids is 2. The fraction of sp³-hybridized carbons (Fsp3) is 0.462. The number of hydrogen-bond donors (Lipinski definition) is 1. The molecule has 2 aliphatic rings. The van der Waals surface area contributed by atoms with Gasteiger partial charge in [-0.15, -0.1) is 0 Å². The number of amides is 2. The molecule has 5 heteroatoms. The summed E-state index contributed by atoms with van der Waals surface area (Å²) >= 11 is 6.02. The molecule has 0 bridgehead atoms. The van der Waals surface area contributed by atoms with Gasteiger partial charge in [-0.2, -0.15) is 0 Å². The molecule has 164 valence electrons. The highest BCUT2D eigenvalue weighted by atomic mass is 35.5. The first-order chi connectivity index (χ1) is 15.1. The number of rotatable bonds is 5. The Morgan fingerprint density at radius 3 is 2.16 bits per heavy atom. The lowest BCUT2D eigenvalue weighted by molar-refractivity contribution is -0.136. The van der Waals surface area contributed by atoms with Crippen LogP contribution in [-0.4, -0.2) is 35.8 Å². The van der Waals surface area contributed by atoms with Gasteiger partial charge in [0.2, 0.25) is 5.91 Å². The predicted molar refractivity (Wildman–Crippen MR) is 124 cm³/mol. The third-order valence-corrected chi connectivity index (χ3v) is 7.11. The maximum atomic E-state index is 13.5. The van der Waals surface area contributed by atoms with Gasteiger partial charge in [0.05, 0.1) is 0 Å². The van der Waals surface area contributed by atoms with Gasteiger partial charge in [-0.25, -0.2) is 0 Å². The second-order valence-corrected chi connectivity index (χ2v) is 9.30. The van der Waals surface area contributed by atoms with Crippen molar-refractivity contribution in [1.29, 1.82) is 0 Å². The van der Waals surface area contributed by atoms with Crippen molar-refractivity contribution in [2.45, 2.75) is 56.9 Å². The summed E-state index contributed by atoms with van der Waals surface area (Å²) in [5.74, 6) is 0.613. The lowest BCUT2D eigenvalue weighted by Gasteiger charge is -2.37.